The van der Waals surface area contributed by atoms with Crippen LogP contribution in [0.25, 0.3) is 0 Å². The number of furan rings is 1. The summed E-state index contributed by atoms with van der Waals surface area (Å²) in [5.41, 5.74) is 0.283. The minimum absolute atomic E-state index is 0.000126. The summed E-state index contributed by atoms with van der Waals surface area (Å²) in [6.07, 6.45) is 0. The van der Waals surface area contributed by atoms with Gasteiger partial charge in [0.25, 0.3) is 5.91 Å². The number of amides is 1. The lowest BCUT2D eigenvalue weighted by molar-refractivity contribution is 0.0602. The van der Waals surface area contributed by atoms with Gasteiger partial charge in [-0.1, -0.05) is 34.8 Å². The van der Waals surface area contributed by atoms with Crippen LogP contribution >= 0.6 is 46.1 Å². The second-order valence-corrected chi connectivity index (χ2v) is 8.31. The third-order valence-corrected chi connectivity index (χ3v) is 5.44. The van der Waals surface area contributed by atoms with E-state index in [4.69, 9.17) is 48.7 Å². The van der Waals surface area contributed by atoms with E-state index in [1.54, 1.807) is 12.1 Å². The van der Waals surface area contributed by atoms with Gasteiger partial charge in [-0.15, -0.1) is 11.3 Å². The number of esters is 1. The van der Waals surface area contributed by atoms with Gasteiger partial charge >= 0.3 is 5.97 Å². The summed E-state index contributed by atoms with van der Waals surface area (Å²) in [5.74, 6) is -0.343. The summed E-state index contributed by atoms with van der Waals surface area (Å²) in [7, 11) is 1.28. The zero-order valence-corrected chi connectivity index (χ0v) is 18.3. The van der Waals surface area contributed by atoms with E-state index in [-0.39, 0.29) is 33.7 Å². The van der Waals surface area contributed by atoms with Crippen molar-refractivity contribution in [3.63, 3.8) is 0 Å². The van der Waals surface area contributed by atoms with Gasteiger partial charge in [-0.2, -0.15) is 0 Å². The van der Waals surface area contributed by atoms with E-state index < -0.39 is 11.9 Å². The molecule has 0 saturated carbocycles. The fourth-order valence-electron chi connectivity index (χ4n) is 2.42. The summed E-state index contributed by atoms with van der Waals surface area (Å²) in [5, 5.41) is 3.95. The third-order valence-electron chi connectivity index (χ3n) is 3.69. The molecular formula is C19H14Cl3NO5S. The molecule has 0 unspecified atom stereocenters. The number of thiophene rings is 1. The van der Waals surface area contributed by atoms with Crippen molar-refractivity contribution in [2.24, 2.45) is 0 Å². The number of hydrogen-bond donors (Lipinski definition) is 1. The predicted molar refractivity (Wildman–Crippen MR) is 113 cm³/mol. The van der Waals surface area contributed by atoms with Gasteiger partial charge in [0, 0.05) is 9.90 Å². The lowest BCUT2D eigenvalue weighted by Gasteiger charge is -2.09. The molecule has 0 fully saturated rings. The van der Waals surface area contributed by atoms with Crippen molar-refractivity contribution in [2.75, 3.05) is 12.4 Å². The molecule has 0 aliphatic heterocycles. The molecule has 6 nitrogen and oxygen atoms in total. The molecule has 0 radical (unpaired) electrons. The molecular weight excluding hydrogens is 461 g/mol. The number of hydrogen-bond acceptors (Lipinski definition) is 6. The summed E-state index contributed by atoms with van der Waals surface area (Å²) in [6.45, 7) is 1.82. The van der Waals surface area contributed by atoms with E-state index in [1.807, 2.05) is 6.92 Å². The van der Waals surface area contributed by atoms with Crippen LogP contribution in [0, 0.1) is 6.92 Å². The Hall–Kier alpha value is -2.19. The molecule has 29 heavy (non-hydrogen) atoms. The molecule has 10 heteroatoms. The number of halogens is 3. The highest BCUT2D eigenvalue weighted by atomic mass is 35.5. The number of methoxy groups -OCH3 is 1. The van der Waals surface area contributed by atoms with E-state index in [0.29, 0.717) is 15.8 Å². The van der Waals surface area contributed by atoms with Crippen LogP contribution < -0.4 is 10.1 Å². The first-order valence-corrected chi connectivity index (χ1v) is 10.1. The standard InChI is InChI=1S/C19H14Cl3NO5S/c1-9-5-12(19(25)26-2)18(29-9)23-17(24)15-4-3-11(28-15)8-27-16-13(21)6-10(20)7-14(16)22/h3-7H,8H2,1-2H3,(H,23,24). The highest BCUT2D eigenvalue weighted by molar-refractivity contribution is 7.16. The van der Waals surface area contributed by atoms with Crippen molar-refractivity contribution in [2.45, 2.75) is 13.5 Å². The average molecular weight is 475 g/mol. The number of carbonyl (C=O) groups is 2. The van der Waals surface area contributed by atoms with Crippen LogP contribution in [-0.4, -0.2) is 19.0 Å². The largest absolute Gasteiger partial charge is 0.483 e. The molecule has 1 amide bonds. The Morgan fingerprint density at radius 1 is 1.14 bits per heavy atom. The maximum absolute atomic E-state index is 12.5. The highest BCUT2D eigenvalue weighted by Gasteiger charge is 2.20. The molecule has 0 spiro atoms. The Balaban J connectivity index is 1.69. The van der Waals surface area contributed by atoms with Crippen LogP contribution in [0.15, 0.2) is 34.7 Å². The van der Waals surface area contributed by atoms with Crippen molar-refractivity contribution in [3.05, 3.63) is 67.4 Å². The SMILES string of the molecule is COC(=O)c1cc(C)sc1NC(=O)c1ccc(COc2c(Cl)cc(Cl)cc2Cl)o1. The Bertz CT molecular complexity index is 1050. The lowest BCUT2D eigenvalue weighted by Crippen LogP contribution is -2.13. The number of ether oxygens (including phenoxy) is 2. The van der Waals surface area contributed by atoms with Crippen LogP contribution in [0.4, 0.5) is 5.00 Å². The van der Waals surface area contributed by atoms with Gasteiger partial charge in [0.05, 0.1) is 22.7 Å². The van der Waals surface area contributed by atoms with E-state index in [2.05, 4.69) is 5.32 Å². The second-order valence-electron chi connectivity index (χ2n) is 5.80. The molecule has 0 aliphatic rings. The Labute approximate surface area is 185 Å². The van der Waals surface area contributed by atoms with Crippen molar-refractivity contribution in [1.29, 1.82) is 0 Å². The normalized spacial score (nSPS) is 10.7. The summed E-state index contributed by atoms with van der Waals surface area (Å²) >= 11 is 19.3. The minimum atomic E-state index is -0.532. The molecule has 0 atom stereocenters. The van der Waals surface area contributed by atoms with Crippen LogP contribution in [0.2, 0.25) is 15.1 Å². The lowest BCUT2D eigenvalue weighted by atomic mass is 10.3. The van der Waals surface area contributed by atoms with Crippen LogP contribution in [0.5, 0.6) is 5.75 Å². The van der Waals surface area contributed by atoms with E-state index in [1.165, 1.54) is 36.6 Å². The van der Waals surface area contributed by atoms with Crippen molar-refractivity contribution in [3.8, 4) is 5.75 Å². The Morgan fingerprint density at radius 2 is 1.83 bits per heavy atom. The average Bonchev–Trinajstić information content (AvgIpc) is 3.27. The zero-order valence-electron chi connectivity index (χ0n) is 15.2. The van der Waals surface area contributed by atoms with Gasteiger partial charge in [-0.3, -0.25) is 4.79 Å². The van der Waals surface area contributed by atoms with Gasteiger partial charge in [0.1, 0.15) is 17.4 Å². The van der Waals surface area contributed by atoms with Crippen molar-refractivity contribution >= 4 is 63.0 Å². The molecule has 3 rings (SSSR count). The van der Waals surface area contributed by atoms with Gasteiger partial charge in [-0.05, 0) is 37.3 Å². The summed E-state index contributed by atoms with van der Waals surface area (Å²) in [6, 6.07) is 7.75. The molecule has 0 aliphatic carbocycles. The highest BCUT2D eigenvalue weighted by Crippen LogP contribution is 2.36. The first-order chi connectivity index (χ1) is 13.8. The monoisotopic (exact) mass is 473 g/mol. The first-order valence-electron chi connectivity index (χ1n) is 8.14. The smallest absolute Gasteiger partial charge is 0.340 e. The second kappa shape index (κ2) is 9.09. The Kier molecular flexibility index (Phi) is 6.74. The summed E-state index contributed by atoms with van der Waals surface area (Å²) < 4.78 is 15.8. The molecule has 1 aromatic carbocycles. The van der Waals surface area contributed by atoms with Gasteiger partial charge < -0.3 is 19.2 Å². The van der Waals surface area contributed by atoms with Gasteiger partial charge in [0.15, 0.2) is 11.5 Å². The fourth-order valence-corrected chi connectivity index (χ4v) is 4.24. The maximum atomic E-state index is 12.5. The number of anilines is 1. The molecule has 3 aromatic rings. The molecule has 1 N–H and O–H groups in total. The minimum Gasteiger partial charge on any atom is -0.483 e. The fraction of sp³-hybridized carbons (Fsp3) is 0.158. The molecule has 152 valence electrons. The van der Waals surface area contributed by atoms with Crippen molar-refractivity contribution in [1.82, 2.24) is 0 Å². The number of nitrogens with one attached hydrogen (secondary N) is 1. The Morgan fingerprint density at radius 3 is 2.48 bits per heavy atom. The van der Waals surface area contributed by atoms with Crippen LogP contribution in [-0.2, 0) is 11.3 Å². The number of carbonyl (C=O) groups excluding carboxylic acids is 2. The molecule has 0 saturated heterocycles. The van der Waals surface area contributed by atoms with E-state index in [9.17, 15) is 9.59 Å². The van der Waals surface area contributed by atoms with Crippen LogP contribution in [0.1, 0.15) is 31.6 Å². The number of rotatable bonds is 6. The quantitative estimate of drug-likeness (QED) is 0.429. The first kappa shape index (κ1) is 21.5. The zero-order chi connectivity index (χ0) is 21.1. The molecule has 0 bridgehead atoms. The molecule has 2 aromatic heterocycles. The van der Waals surface area contributed by atoms with Gasteiger partial charge in [-0.25, -0.2) is 4.79 Å². The summed E-state index contributed by atoms with van der Waals surface area (Å²) in [4.78, 5) is 25.2. The van der Waals surface area contributed by atoms with E-state index in [0.717, 1.165) is 4.88 Å². The topological polar surface area (TPSA) is 77.8 Å². The van der Waals surface area contributed by atoms with Crippen molar-refractivity contribution < 1.29 is 23.5 Å². The van der Waals surface area contributed by atoms with Gasteiger partial charge in [0.2, 0.25) is 0 Å². The number of benzene rings is 1. The number of aryl methyl sites for hydroxylation is 1. The maximum Gasteiger partial charge on any atom is 0.340 e. The predicted octanol–water partition coefficient (Wildman–Crippen LogP) is 6.23. The van der Waals surface area contributed by atoms with Crippen LogP contribution in [0.3, 0.4) is 0 Å². The third kappa shape index (κ3) is 5.05. The molecule has 2 heterocycles. The van der Waals surface area contributed by atoms with E-state index >= 15 is 0 Å².